The Bertz CT molecular complexity index is 806. The summed E-state index contributed by atoms with van der Waals surface area (Å²) in [6.07, 6.45) is 0. The van der Waals surface area contributed by atoms with E-state index in [1.807, 2.05) is 44.2 Å². The van der Waals surface area contributed by atoms with Crippen molar-refractivity contribution in [3.63, 3.8) is 0 Å². The van der Waals surface area contributed by atoms with Gasteiger partial charge in [-0.2, -0.15) is 0 Å². The monoisotopic (exact) mass is 383 g/mol. The fraction of sp³-hybridized carbons (Fsp3) is 0.286. The maximum absolute atomic E-state index is 12.5. The van der Waals surface area contributed by atoms with Crippen molar-refractivity contribution in [2.75, 3.05) is 29.0 Å². The van der Waals surface area contributed by atoms with Gasteiger partial charge in [-0.05, 0) is 50.2 Å². The molecule has 0 radical (unpaired) electrons. The molecule has 2 rings (SSSR count). The number of carbonyl (C=O) groups excluding carboxylic acids is 3. The number of hydrogen-bond donors (Lipinski definition) is 4. The highest BCUT2D eigenvalue weighted by molar-refractivity contribution is 5.95. The van der Waals surface area contributed by atoms with Crippen LogP contribution in [0.25, 0.3) is 0 Å². The number of anilines is 3. The molecule has 0 heterocycles. The number of nitrogens with one attached hydrogen (secondary N) is 4. The predicted molar refractivity (Wildman–Crippen MR) is 110 cm³/mol. The minimum absolute atomic E-state index is 0.129. The molecule has 7 nitrogen and oxygen atoms in total. The first kappa shape index (κ1) is 21.1. The molecular formula is C21H27N4O3+. The van der Waals surface area contributed by atoms with E-state index in [1.54, 1.807) is 24.3 Å². The minimum Gasteiger partial charge on any atom is -0.326 e. The van der Waals surface area contributed by atoms with E-state index < -0.39 is 0 Å². The zero-order chi connectivity index (χ0) is 20.5. The number of benzene rings is 2. The van der Waals surface area contributed by atoms with E-state index in [0.29, 0.717) is 17.9 Å². The van der Waals surface area contributed by atoms with Gasteiger partial charge in [-0.15, -0.1) is 0 Å². The molecule has 4 N–H and O–H groups in total. The highest BCUT2D eigenvalue weighted by Crippen LogP contribution is 2.13. The van der Waals surface area contributed by atoms with Crippen molar-refractivity contribution in [2.45, 2.75) is 26.8 Å². The Morgan fingerprint density at radius 1 is 0.857 bits per heavy atom. The van der Waals surface area contributed by atoms with Crippen LogP contribution in [0.3, 0.4) is 0 Å². The molecule has 0 spiro atoms. The van der Waals surface area contributed by atoms with Crippen molar-refractivity contribution in [3.8, 4) is 0 Å². The van der Waals surface area contributed by atoms with Gasteiger partial charge in [0, 0.05) is 24.0 Å². The number of carbonyl (C=O) groups is 3. The molecular weight excluding hydrogens is 356 g/mol. The zero-order valence-electron chi connectivity index (χ0n) is 16.4. The van der Waals surface area contributed by atoms with E-state index in [2.05, 4.69) is 16.0 Å². The van der Waals surface area contributed by atoms with Crippen molar-refractivity contribution >= 4 is 34.8 Å². The summed E-state index contributed by atoms with van der Waals surface area (Å²) in [5, 5.41) is 8.38. The molecule has 0 aliphatic carbocycles. The largest absolute Gasteiger partial charge is 0.326 e. The molecule has 0 aromatic heterocycles. The third kappa shape index (κ3) is 6.51. The summed E-state index contributed by atoms with van der Waals surface area (Å²) in [5.74, 6) is -0.458. The molecule has 2 aromatic rings. The number of quaternary nitrogens is 1. The Morgan fingerprint density at radius 3 is 1.93 bits per heavy atom. The van der Waals surface area contributed by atoms with Crippen molar-refractivity contribution in [3.05, 3.63) is 54.6 Å². The van der Waals surface area contributed by atoms with Crippen molar-refractivity contribution in [2.24, 2.45) is 0 Å². The second-order valence-corrected chi connectivity index (χ2v) is 6.57. The Morgan fingerprint density at radius 2 is 1.39 bits per heavy atom. The third-order valence-electron chi connectivity index (χ3n) is 4.38. The van der Waals surface area contributed by atoms with Crippen LogP contribution in [-0.2, 0) is 14.4 Å². The lowest BCUT2D eigenvalue weighted by Crippen LogP contribution is -3.17. The molecule has 3 amide bonds. The van der Waals surface area contributed by atoms with Gasteiger partial charge < -0.3 is 20.9 Å². The molecule has 0 aliphatic heterocycles. The van der Waals surface area contributed by atoms with Crippen LogP contribution in [0.15, 0.2) is 54.6 Å². The van der Waals surface area contributed by atoms with Gasteiger partial charge >= 0.3 is 0 Å². The topological polar surface area (TPSA) is 91.7 Å². The van der Waals surface area contributed by atoms with E-state index in [0.717, 1.165) is 10.6 Å². The van der Waals surface area contributed by atoms with Gasteiger partial charge in [-0.1, -0.05) is 18.2 Å². The van der Waals surface area contributed by atoms with Crippen LogP contribution >= 0.6 is 0 Å². The molecule has 0 bridgehead atoms. The lowest BCUT2D eigenvalue weighted by atomic mass is 10.2. The molecule has 0 saturated carbocycles. The van der Waals surface area contributed by atoms with Crippen molar-refractivity contribution in [1.29, 1.82) is 0 Å². The van der Waals surface area contributed by atoms with E-state index in [4.69, 9.17) is 0 Å². The highest BCUT2D eigenvalue weighted by atomic mass is 16.2. The van der Waals surface area contributed by atoms with Crippen LogP contribution in [0.2, 0.25) is 0 Å². The first-order valence-corrected chi connectivity index (χ1v) is 9.27. The van der Waals surface area contributed by atoms with Gasteiger partial charge in [0.2, 0.25) is 5.91 Å². The molecule has 0 fully saturated rings. The quantitative estimate of drug-likeness (QED) is 0.557. The molecule has 28 heavy (non-hydrogen) atoms. The summed E-state index contributed by atoms with van der Waals surface area (Å²) in [6, 6.07) is 15.8. The summed E-state index contributed by atoms with van der Waals surface area (Å²) < 4.78 is 0. The summed E-state index contributed by atoms with van der Waals surface area (Å²) in [4.78, 5) is 36.8. The molecule has 148 valence electrons. The van der Waals surface area contributed by atoms with Crippen molar-refractivity contribution < 1.29 is 19.3 Å². The third-order valence-corrected chi connectivity index (χ3v) is 4.38. The molecule has 2 aromatic carbocycles. The van der Waals surface area contributed by atoms with Crippen LogP contribution in [0.5, 0.6) is 0 Å². The zero-order valence-corrected chi connectivity index (χ0v) is 16.4. The van der Waals surface area contributed by atoms with Crippen LogP contribution in [0, 0.1) is 0 Å². The Hall–Kier alpha value is -3.19. The molecule has 2 atom stereocenters. The van der Waals surface area contributed by atoms with Crippen molar-refractivity contribution in [1.82, 2.24) is 0 Å². The Kier molecular flexibility index (Phi) is 7.71. The highest BCUT2D eigenvalue weighted by Gasteiger charge is 2.26. The second-order valence-electron chi connectivity index (χ2n) is 6.57. The average molecular weight is 383 g/mol. The number of rotatable bonds is 8. The Balaban J connectivity index is 1.90. The van der Waals surface area contributed by atoms with Gasteiger partial charge in [0.15, 0.2) is 12.6 Å². The second kappa shape index (κ2) is 10.2. The smallest absolute Gasteiger partial charge is 0.282 e. The predicted octanol–water partition coefficient (Wildman–Crippen LogP) is 1.52. The van der Waals surface area contributed by atoms with Gasteiger partial charge in [-0.3, -0.25) is 14.4 Å². The van der Waals surface area contributed by atoms with E-state index in [9.17, 15) is 14.4 Å². The molecule has 0 saturated heterocycles. The van der Waals surface area contributed by atoms with Crippen LogP contribution in [-0.4, -0.2) is 36.9 Å². The first-order chi connectivity index (χ1) is 13.4. The molecule has 7 heteroatoms. The fourth-order valence-electron chi connectivity index (χ4n) is 2.79. The maximum Gasteiger partial charge on any atom is 0.282 e. The lowest BCUT2D eigenvalue weighted by Gasteiger charge is -2.23. The molecule has 1 unspecified atom stereocenters. The average Bonchev–Trinajstić information content (AvgIpc) is 2.67. The van der Waals surface area contributed by atoms with Gasteiger partial charge in [0.1, 0.15) is 0 Å². The Labute approximate surface area is 165 Å². The van der Waals surface area contributed by atoms with Gasteiger partial charge in [-0.25, -0.2) is 0 Å². The van der Waals surface area contributed by atoms with Crippen LogP contribution < -0.4 is 20.9 Å². The number of likely N-dealkylation sites (N-methyl/N-ethyl adjacent to an activating group) is 1. The minimum atomic E-state index is -0.377. The normalized spacial score (nSPS) is 12.5. The van der Waals surface area contributed by atoms with E-state index in [-0.39, 0.29) is 30.3 Å². The number of hydrogen-bond acceptors (Lipinski definition) is 3. The molecule has 0 aliphatic rings. The lowest BCUT2D eigenvalue weighted by molar-refractivity contribution is -0.904. The van der Waals surface area contributed by atoms with Gasteiger partial charge in [0.05, 0.1) is 6.54 Å². The fourth-order valence-corrected chi connectivity index (χ4v) is 2.79. The number of amides is 3. The SMILES string of the molecule is CC[NH+](CC(=O)Nc1ccc(NC(C)=O)cc1)[C@H](C)C(=O)Nc1ccccc1. The summed E-state index contributed by atoms with van der Waals surface area (Å²) in [7, 11) is 0. The summed E-state index contributed by atoms with van der Waals surface area (Å²) >= 11 is 0. The van der Waals surface area contributed by atoms with Crippen LogP contribution in [0.4, 0.5) is 17.1 Å². The summed E-state index contributed by atoms with van der Waals surface area (Å²) in [5.41, 5.74) is 2.03. The standard InChI is InChI=1S/C21H26N4O3/c1-4-25(15(2)21(28)24-17-8-6-5-7-9-17)14-20(27)23-19-12-10-18(11-13-19)22-16(3)26/h5-13,15H,4,14H2,1-3H3,(H,22,26)(H,23,27)(H,24,28)/p+1/t15-/m1/s1. The number of para-hydroxylation sites is 1. The van der Waals surface area contributed by atoms with Gasteiger partial charge in [0.25, 0.3) is 11.8 Å². The first-order valence-electron chi connectivity index (χ1n) is 9.27. The summed E-state index contributed by atoms with van der Waals surface area (Å²) in [6.45, 7) is 6.00. The van der Waals surface area contributed by atoms with E-state index >= 15 is 0 Å². The maximum atomic E-state index is 12.5. The van der Waals surface area contributed by atoms with E-state index in [1.165, 1.54) is 6.92 Å². The van der Waals surface area contributed by atoms with Crippen LogP contribution in [0.1, 0.15) is 20.8 Å².